The molecular formula is C12H13F2NO. The van der Waals surface area contributed by atoms with Crippen LogP contribution in [-0.2, 0) is 11.2 Å². The Kier molecular flexibility index (Phi) is 3.29. The molecule has 2 nitrogen and oxygen atoms in total. The summed E-state index contributed by atoms with van der Waals surface area (Å²) in [5.74, 6) is -1.27. The smallest absolute Gasteiger partial charge is 0.154 e. The van der Waals surface area contributed by atoms with Crippen molar-refractivity contribution in [3.63, 3.8) is 0 Å². The second-order valence-electron chi connectivity index (χ2n) is 4.07. The molecule has 0 spiro atoms. The summed E-state index contributed by atoms with van der Waals surface area (Å²) in [6.45, 7) is 0.841. The Hall–Kier alpha value is -1.29. The molecule has 1 atom stereocenters. The highest BCUT2D eigenvalue weighted by atomic mass is 19.1. The number of hydrogen-bond donors (Lipinski definition) is 1. The van der Waals surface area contributed by atoms with E-state index < -0.39 is 11.6 Å². The highest BCUT2D eigenvalue weighted by molar-refractivity contribution is 5.86. The molecule has 1 fully saturated rings. The van der Waals surface area contributed by atoms with Crippen molar-refractivity contribution >= 4 is 5.78 Å². The third-order valence-electron chi connectivity index (χ3n) is 2.75. The molecule has 1 saturated heterocycles. The normalized spacial score (nSPS) is 20.0. The summed E-state index contributed by atoms with van der Waals surface area (Å²) in [6, 6.07) is 3.07. The molecule has 2 rings (SSSR count). The van der Waals surface area contributed by atoms with Crippen LogP contribution < -0.4 is 5.32 Å². The van der Waals surface area contributed by atoms with E-state index in [0.29, 0.717) is 5.56 Å². The van der Waals surface area contributed by atoms with Crippen LogP contribution in [0.1, 0.15) is 18.4 Å². The minimum Gasteiger partial charge on any atom is -0.307 e. The number of carbonyl (C=O) groups is 1. The van der Waals surface area contributed by atoms with Crippen molar-refractivity contribution in [3.05, 3.63) is 35.4 Å². The zero-order chi connectivity index (χ0) is 11.5. The first-order valence-corrected chi connectivity index (χ1v) is 5.36. The maximum absolute atomic E-state index is 12.9. The molecule has 0 bridgehead atoms. The molecule has 1 N–H and O–H groups in total. The van der Waals surface area contributed by atoms with Crippen molar-refractivity contribution in [3.8, 4) is 0 Å². The van der Waals surface area contributed by atoms with Crippen molar-refractivity contribution < 1.29 is 13.6 Å². The molecular weight excluding hydrogens is 212 g/mol. The standard InChI is InChI=1S/C12H13F2NO/c13-9-4-8(5-10(14)7-9)6-12(16)11-2-1-3-15-11/h4-5,7,11,15H,1-3,6H2. The highest BCUT2D eigenvalue weighted by Gasteiger charge is 2.22. The number of carbonyl (C=O) groups excluding carboxylic acids is 1. The van der Waals surface area contributed by atoms with Gasteiger partial charge in [-0.05, 0) is 37.1 Å². The maximum Gasteiger partial charge on any atom is 0.154 e. The molecule has 16 heavy (non-hydrogen) atoms. The fourth-order valence-electron chi connectivity index (χ4n) is 2.00. The fourth-order valence-corrected chi connectivity index (χ4v) is 2.00. The van der Waals surface area contributed by atoms with Gasteiger partial charge in [0, 0.05) is 12.5 Å². The molecule has 86 valence electrons. The minimum atomic E-state index is -0.637. The first-order valence-electron chi connectivity index (χ1n) is 5.36. The van der Waals surface area contributed by atoms with Crippen LogP contribution in [-0.4, -0.2) is 18.4 Å². The predicted octanol–water partition coefficient (Wildman–Crippen LogP) is 1.83. The van der Waals surface area contributed by atoms with Crippen LogP contribution in [0.3, 0.4) is 0 Å². The van der Waals surface area contributed by atoms with E-state index in [1.54, 1.807) is 0 Å². The van der Waals surface area contributed by atoms with Crippen molar-refractivity contribution in [1.29, 1.82) is 0 Å². The predicted molar refractivity (Wildman–Crippen MR) is 56.1 cm³/mol. The fraction of sp³-hybridized carbons (Fsp3) is 0.417. The monoisotopic (exact) mass is 225 g/mol. The topological polar surface area (TPSA) is 29.1 Å². The zero-order valence-corrected chi connectivity index (χ0v) is 8.80. The SMILES string of the molecule is O=C(Cc1cc(F)cc(F)c1)C1CCCN1. The van der Waals surface area contributed by atoms with Crippen LogP contribution in [0.4, 0.5) is 8.78 Å². The summed E-state index contributed by atoms with van der Waals surface area (Å²) in [5, 5.41) is 3.07. The number of nitrogens with one attached hydrogen (secondary N) is 1. The van der Waals surface area contributed by atoms with E-state index in [1.807, 2.05) is 0 Å². The van der Waals surface area contributed by atoms with Gasteiger partial charge in [0.1, 0.15) is 11.6 Å². The van der Waals surface area contributed by atoms with Crippen LogP contribution in [0.25, 0.3) is 0 Å². The third kappa shape index (κ3) is 2.64. The van der Waals surface area contributed by atoms with E-state index >= 15 is 0 Å². The summed E-state index contributed by atoms with van der Waals surface area (Å²) in [7, 11) is 0. The highest BCUT2D eigenvalue weighted by Crippen LogP contribution is 2.12. The lowest BCUT2D eigenvalue weighted by molar-refractivity contribution is -0.120. The van der Waals surface area contributed by atoms with Gasteiger partial charge in [0.25, 0.3) is 0 Å². The van der Waals surface area contributed by atoms with Gasteiger partial charge in [-0.3, -0.25) is 4.79 Å². The molecule has 0 saturated carbocycles. The molecule has 1 unspecified atom stereocenters. The molecule has 0 aliphatic carbocycles. The maximum atomic E-state index is 12.9. The summed E-state index contributed by atoms with van der Waals surface area (Å²) in [4.78, 5) is 11.7. The van der Waals surface area contributed by atoms with Gasteiger partial charge in [-0.1, -0.05) is 0 Å². The number of Topliss-reactive ketones (excluding diaryl/α,β-unsaturated/α-hetero) is 1. The Morgan fingerprint density at radius 3 is 2.56 bits per heavy atom. The molecule has 0 amide bonds. The molecule has 1 aliphatic heterocycles. The number of ketones is 1. The van der Waals surface area contributed by atoms with E-state index in [4.69, 9.17) is 0 Å². The number of rotatable bonds is 3. The first-order chi connectivity index (χ1) is 7.65. The van der Waals surface area contributed by atoms with Gasteiger partial charge in [0.05, 0.1) is 6.04 Å². The zero-order valence-electron chi connectivity index (χ0n) is 8.80. The Morgan fingerprint density at radius 2 is 2.00 bits per heavy atom. The van der Waals surface area contributed by atoms with E-state index in [2.05, 4.69) is 5.32 Å². The average Bonchev–Trinajstić information content (AvgIpc) is 2.68. The van der Waals surface area contributed by atoms with Gasteiger partial charge in [0.15, 0.2) is 5.78 Å². The quantitative estimate of drug-likeness (QED) is 0.850. The van der Waals surface area contributed by atoms with Gasteiger partial charge in [-0.2, -0.15) is 0 Å². The van der Waals surface area contributed by atoms with Crippen molar-refractivity contribution in [2.24, 2.45) is 0 Å². The van der Waals surface area contributed by atoms with Crippen LogP contribution in [0.2, 0.25) is 0 Å². The lowest BCUT2D eigenvalue weighted by Gasteiger charge is -2.08. The number of hydrogen-bond acceptors (Lipinski definition) is 2. The second-order valence-corrected chi connectivity index (χ2v) is 4.07. The van der Waals surface area contributed by atoms with Gasteiger partial charge in [-0.25, -0.2) is 8.78 Å². The molecule has 1 heterocycles. The van der Waals surface area contributed by atoms with Crippen molar-refractivity contribution in [2.45, 2.75) is 25.3 Å². The summed E-state index contributed by atoms with van der Waals surface area (Å²) >= 11 is 0. The number of benzene rings is 1. The van der Waals surface area contributed by atoms with E-state index in [-0.39, 0.29) is 18.2 Å². The lowest BCUT2D eigenvalue weighted by Crippen LogP contribution is -2.31. The van der Waals surface area contributed by atoms with E-state index in [0.717, 1.165) is 25.5 Å². The largest absolute Gasteiger partial charge is 0.307 e. The minimum absolute atomic E-state index is 0.00231. The molecule has 1 aromatic rings. The van der Waals surface area contributed by atoms with Crippen molar-refractivity contribution in [2.75, 3.05) is 6.54 Å². The summed E-state index contributed by atoms with van der Waals surface area (Å²) < 4.78 is 25.8. The molecule has 1 aliphatic rings. The number of halogens is 2. The Labute approximate surface area is 92.7 Å². The van der Waals surface area contributed by atoms with Crippen LogP contribution in [0.15, 0.2) is 18.2 Å². The van der Waals surface area contributed by atoms with Crippen molar-refractivity contribution in [1.82, 2.24) is 5.32 Å². The Morgan fingerprint density at radius 1 is 1.31 bits per heavy atom. The van der Waals surface area contributed by atoms with Gasteiger partial charge < -0.3 is 5.32 Å². The summed E-state index contributed by atoms with van der Waals surface area (Å²) in [6.07, 6.45) is 1.89. The van der Waals surface area contributed by atoms with Crippen LogP contribution >= 0.6 is 0 Å². The molecule has 1 aromatic carbocycles. The van der Waals surface area contributed by atoms with Gasteiger partial charge in [0.2, 0.25) is 0 Å². The van der Waals surface area contributed by atoms with E-state index in [9.17, 15) is 13.6 Å². The lowest BCUT2D eigenvalue weighted by atomic mass is 10.0. The third-order valence-corrected chi connectivity index (χ3v) is 2.75. The molecule has 0 aromatic heterocycles. The Bertz CT molecular complexity index is 380. The second kappa shape index (κ2) is 4.70. The molecule has 0 radical (unpaired) electrons. The summed E-state index contributed by atoms with van der Waals surface area (Å²) in [5.41, 5.74) is 0.399. The van der Waals surface area contributed by atoms with Gasteiger partial charge in [-0.15, -0.1) is 0 Å². The van der Waals surface area contributed by atoms with Crippen LogP contribution in [0, 0.1) is 11.6 Å². The average molecular weight is 225 g/mol. The Balaban J connectivity index is 2.05. The van der Waals surface area contributed by atoms with E-state index in [1.165, 1.54) is 12.1 Å². The van der Waals surface area contributed by atoms with Crippen LogP contribution in [0.5, 0.6) is 0 Å². The first kappa shape index (κ1) is 11.2. The van der Waals surface area contributed by atoms with Gasteiger partial charge >= 0.3 is 0 Å². The molecule has 4 heteroatoms.